The van der Waals surface area contributed by atoms with E-state index in [-0.39, 0.29) is 24.2 Å². The van der Waals surface area contributed by atoms with Gasteiger partial charge in [-0.3, -0.25) is 4.79 Å². The molecule has 0 aliphatic heterocycles. The van der Waals surface area contributed by atoms with Crippen LogP contribution in [-0.4, -0.2) is 23.5 Å². The zero-order valence-corrected chi connectivity index (χ0v) is 15.4. The van der Waals surface area contributed by atoms with Crippen molar-refractivity contribution in [3.63, 3.8) is 0 Å². The van der Waals surface area contributed by atoms with Gasteiger partial charge in [0.1, 0.15) is 5.69 Å². The summed E-state index contributed by atoms with van der Waals surface area (Å²) in [5, 5.41) is 3.77. The fraction of sp³-hybridized carbons (Fsp3) is 0.227. The number of hydrogen-bond donors (Lipinski definition) is 1. The Labute approximate surface area is 158 Å². The van der Waals surface area contributed by atoms with Gasteiger partial charge >= 0.3 is 5.97 Å². The van der Waals surface area contributed by atoms with E-state index in [4.69, 9.17) is 4.74 Å². The zero-order valence-electron chi connectivity index (χ0n) is 15.4. The van der Waals surface area contributed by atoms with E-state index >= 15 is 0 Å². The molecule has 1 amide bonds. The summed E-state index contributed by atoms with van der Waals surface area (Å²) in [4.78, 5) is 28.5. The van der Waals surface area contributed by atoms with Crippen molar-refractivity contribution in [2.24, 2.45) is 0 Å². The first-order chi connectivity index (χ1) is 13.1. The predicted molar refractivity (Wildman–Crippen MR) is 104 cm³/mol. The summed E-state index contributed by atoms with van der Waals surface area (Å²) in [5.74, 6) is -0.966. The van der Waals surface area contributed by atoms with Crippen LogP contribution in [0.1, 0.15) is 41.5 Å². The number of aromatic nitrogens is 1. The highest BCUT2D eigenvalue weighted by molar-refractivity contribution is 5.92. The van der Waals surface area contributed by atoms with Gasteiger partial charge in [0.05, 0.1) is 11.6 Å². The van der Waals surface area contributed by atoms with E-state index in [1.165, 1.54) is 5.56 Å². The topological polar surface area (TPSA) is 68.3 Å². The van der Waals surface area contributed by atoms with Crippen molar-refractivity contribution in [2.45, 2.75) is 26.3 Å². The van der Waals surface area contributed by atoms with Crippen molar-refractivity contribution in [3.05, 3.63) is 77.5 Å². The summed E-state index contributed by atoms with van der Waals surface area (Å²) in [6, 6.07) is 18.8. The Morgan fingerprint density at radius 3 is 2.52 bits per heavy atom. The standard InChI is InChI=1S/C22H22N2O3/c1-3-16-8-10-17(11-9-16)15(2)23-21(25)14-27-22(26)20-13-12-18-6-4-5-7-19(18)24-20/h4-13,15H,3,14H2,1-2H3,(H,23,25)/t15-/m0/s1. The third-order valence-electron chi connectivity index (χ3n) is 4.41. The second-order valence-electron chi connectivity index (χ2n) is 6.35. The molecule has 1 heterocycles. The molecule has 1 N–H and O–H groups in total. The molecule has 5 heteroatoms. The molecular formula is C22H22N2O3. The van der Waals surface area contributed by atoms with E-state index in [1.54, 1.807) is 12.1 Å². The molecule has 27 heavy (non-hydrogen) atoms. The minimum absolute atomic E-state index is 0.166. The smallest absolute Gasteiger partial charge is 0.357 e. The second kappa shape index (κ2) is 8.45. The molecule has 0 saturated carbocycles. The molecule has 0 saturated heterocycles. The van der Waals surface area contributed by atoms with Crippen LogP contribution in [0.4, 0.5) is 0 Å². The molecule has 0 radical (unpaired) electrons. The van der Waals surface area contributed by atoms with Gasteiger partial charge in [-0.1, -0.05) is 55.5 Å². The molecule has 5 nitrogen and oxygen atoms in total. The van der Waals surface area contributed by atoms with Crippen LogP contribution >= 0.6 is 0 Å². The van der Waals surface area contributed by atoms with Crippen LogP contribution in [0.15, 0.2) is 60.7 Å². The Morgan fingerprint density at radius 2 is 1.78 bits per heavy atom. The molecule has 0 fully saturated rings. The van der Waals surface area contributed by atoms with Crippen LogP contribution in [0, 0.1) is 0 Å². The fourth-order valence-corrected chi connectivity index (χ4v) is 2.79. The van der Waals surface area contributed by atoms with Gasteiger partial charge in [0, 0.05) is 5.39 Å². The lowest BCUT2D eigenvalue weighted by Gasteiger charge is -2.15. The summed E-state index contributed by atoms with van der Waals surface area (Å²) in [7, 11) is 0. The molecule has 0 spiro atoms. The van der Waals surface area contributed by atoms with Gasteiger partial charge in [0.2, 0.25) is 0 Å². The van der Waals surface area contributed by atoms with Crippen LogP contribution in [0.3, 0.4) is 0 Å². The summed E-state index contributed by atoms with van der Waals surface area (Å²) < 4.78 is 5.10. The number of fused-ring (bicyclic) bond motifs is 1. The molecule has 2 aromatic carbocycles. The highest BCUT2D eigenvalue weighted by atomic mass is 16.5. The van der Waals surface area contributed by atoms with Gasteiger partial charge in [-0.15, -0.1) is 0 Å². The number of aryl methyl sites for hydroxylation is 1. The van der Waals surface area contributed by atoms with Gasteiger partial charge < -0.3 is 10.1 Å². The molecular weight excluding hydrogens is 340 g/mol. The number of nitrogens with one attached hydrogen (secondary N) is 1. The molecule has 1 atom stereocenters. The van der Waals surface area contributed by atoms with Crippen LogP contribution in [0.5, 0.6) is 0 Å². The first kappa shape index (κ1) is 18.6. The van der Waals surface area contributed by atoms with Crippen molar-refractivity contribution < 1.29 is 14.3 Å². The summed E-state index contributed by atoms with van der Waals surface area (Å²) in [6.07, 6.45) is 0.972. The highest BCUT2D eigenvalue weighted by Gasteiger charge is 2.14. The number of nitrogens with zero attached hydrogens (tertiary/aromatic N) is 1. The molecule has 1 aromatic heterocycles. The lowest BCUT2D eigenvalue weighted by molar-refractivity contribution is -0.124. The second-order valence-corrected chi connectivity index (χ2v) is 6.35. The number of rotatable bonds is 6. The Balaban J connectivity index is 1.54. The predicted octanol–water partition coefficient (Wildman–Crippen LogP) is 3.83. The number of hydrogen-bond acceptors (Lipinski definition) is 4. The SMILES string of the molecule is CCc1ccc([C@H](C)NC(=O)COC(=O)c2ccc3ccccc3n2)cc1. The van der Waals surface area contributed by atoms with E-state index in [2.05, 4.69) is 17.2 Å². The maximum atomic E-state index is 12.2. The first-order valence-corrected chi connectivity index (χ1v) is 8.98. The number of carbonyl (C=O) groups is 2. The molecule has 0 aliphatic carbocycles. The van der Waals surface area contributed by atoms with Gasteiger partial charge in [-0.2, -0.15) is 0 Å². The summed E-state index contributed by atoms with van der Waals surface area (Å²) >= 11 is 0. The number of carbonyl (C=O) groups excluding carboxylic acids is 2. The van der Waals surface area contributed by atoms with E-state index in [0.29, 0.717) is 5.52 Å². The highest BCUT2D eigenvalue weighted by Crippen LogP contribution is 2.14. The van der Waals surface area contributed by atoms with Gasteiger partial charge in [-0.05, 0) is 36.6 Å². The summed E-state index contributed by atoms with van der Waals surface area (Å²) in [5.41, 5.74) is 3.14. The van der Waals surface area contributed by atoms with Crippen molar-refractivity contribution in [1.29, 1.82) is 0 Å². The molecule has 3 aromatic rings. The quantitative estimate of drug-likeness (QED) is 0.677. The number of esters is 1. The Kier molecular flexibility index (Phi) is 5.81. The number of pyridine rings is 1. The maximum absolute atomic E-state index is 12.2. The maximum Gasteiger partial charge on any atom is 0.357 e. The van der Waals surface area contributed by atoms with Crippen LogP contribution < -0.4 is 5.32 Å². The van der Waals surface area contributed by atoms with Crippen molar-refractivity contribution in [3.8, 4) is 0 Å². The molecule has 0 bridgehead atoms. The van der Waals surface area contributed by atoms with Crippen LogP contribution in [-0.2, 0) is 16.0 Å². The van der Waals surface area contributed by atoms with Crippen molar-refractivity contribution >= 4 is 22.8 Å². The van der Waals surface area contributed by atoms with Crippen LogP contribution in [0.2, 0.25) is 0 Å². The number of ether oxygens (including phenoxy) is 1. The lowest BCUT2D eigenvalue weighted by Crippen LogP contribution is -2.31. The first-order valence-electron chi connectivity index (χ1n) is 8.98. The largest absolute Gasteiger partial charge is 0.451 e. The minimum atomic E-state index is -0.615. The normalized spacial score (nSPS) is 11.8. The van der Waals surface area contributed by atoms with Crippen LogP contribution in [0.25, 0.3) is 10.9 Å². The minimum Gasteiger partial charge on any atom is -0.451 e. The lowest BCUT2D eigenvalue weighted by atomic mass is 10.1. The van der Waals surface area contributed by atoms with E-state index < -0.39 is 5.97 Å². The van der Waals surface area contributed by atoms with Gasteiger partial charge in [-0.25, -0.2) is 9.78 Å². The third-order valence-corrected chi connectivity index (χ3v) is 4.41. The Morgan fingerprint density at radius 1 is 1.04 bits per heavy atom. The molecule has 0 unspecified atom stereocenters. The van der Waals surface area contributed by atoms with E-state index in [9.17, 15) is 9.59 Å². The number of para-hydroxylation sites is 1. The Bertz CT molecular complexity index is 951. The van der Waals surface area contributed by atoms with E-state index in [0.717, 1.165) is 17.4 Å². The van der Waals surface area contributed by atoms with E-state index in [1.807, 2.05) is 55.5 Å². The monoisotopic (exact) mass is 362 g/mol. The van der Waals surface area contributed by atoms with Crippen molar-refractivity contribution in [2.75, 3.05) is 6.61 Å². The number of benzene rings is 2. The van der Waals surface area contributed by atoms with Gasteiger partial charge in [0.25, 0.3) is 5.91 Å². The molecule has 0 aliphatic rings. The van der Waals surface area contributed by atoms with Gasteiger partial charge in [0.15, 0.2) is 6.61 Å². The average molecular weight is 362 g/mol. The fourth-order valence-electron chi connectivity index (χ4n) is 2.79. The number of amides is 1. The zero-order chi connectivity index (χ0) is 19.2. The average Bonchev–Trinajstić information content (AvgIpc) is 2.71. The third kappa shape index (κ3) is 4.70. The molecule has 3 rings (SSSR count). The Hall–Kier alpha value is -3.21. The van der Waals surface area contributed by atoms with Crippen molar-refractivity contribution in [1.82, 2.24) is 10.3 Å². The summed E-state index contributed by atoms with van der Waals surface area (Å²) in [6.45, 7) is 3.65. The molecule has 138 valence electrons.